The first-order valence-electron chi connectivity index (χ1n) is 11.9. The molecule has 0 spiro atoms. The van der Waals surface area contributed by atoms with Gasteiger partial charge in [-0.1, -0.05) is 42.5 Å². The van der Waals surface area contributed by atoms with Crippen LogP contribution in [0.3, 0.4) is 0 Å². The number of nitrogens with one attached hydrogen (secondary N) is 2. The Labute approximate surface area is 200 Å². The normalized spacial score (nSPS) is 22.4. The standard InChI is InChI=1S/C25H33FN4O3S/c1-18(27)24-15-21(26)17-30(24)25(31)16-28-22-9-12-29(13-10-22)34(32,33)14-11-20-7-4-6-19-5-2-3-8-23(19)20/h2-8,21-22,24,27-28H,9-17H2,1H3/t21-,24-/m0/s1. The van der Waals surface area contributed by atoms with Gasteiger partial charge in [-0.05, 0) is 42.5 Å². The first-order chi connectivity index (χ1) is 16.2. The second-order valence-corrected chi connectivity index (χ2v) is 11.4. The molecule has 2 N–H and O–H groups in total. The van der Waals surface area contributed by atoms with Gasteiger partial charge in [-0.2, -0.15) is 0 Å². The highest BCUT2D eigenvalue weighted by atomic mass is 32.2. The van der Waals surface area contributed by atoms with Crippen molar-refractivity contribution in [2.24, 2.45) is 0 Å². The molecule has 2 saturated heterocycles. The lowest BCUT2D eigenvalue weighted by Crippen LogP contribution is -2.49. The van der Waals surface area contributed by atoms with Gasteiger partial charge >= 0.3 is 0 Å². The molecule has 0 unspecified atom stereocenters. The van der Waals surface area contributed by atoms with Gasteiger partial charge in [0.2, 0.25) is 15.9 Å². The number of carbonyl (C=O) groups is 1. The van der Waals surface area contributed by atoms with Crippen molar-refractivity contribution in [1.29, 1.82) is 5.41 Å². The van der Waals surface area contributed by atoms with E-state index in [1.54, 1.807) is 11.2 Å². The van der Waals surface area contributed by atoms with Crippen molar-refractivity contribution in [2.45, 2.75) is 50.9 Å². The fourth-order valence-corrected chi connectivity index (χ4v) is 6.52. The maximum atomic E-state index is 13.8. The lowest BCUT2D eigenvalue weighted by Gasteiger charge is -2.32. The van der Waals surface area contributed by atoms with E-state index in [0.717, 1.165) is 16.3 Å². The average molecular weight is 489 g/mol. The molecule has 0 aliphatic carbocycles. The van der Waals surface area contributed by atoms with Crippen molar-refractivity contribution in [3.05, 3.63) is 48.0 Å². The first kappa shape index (κ1) is 24.8. The van der Waals surface area contributed by atoms with E-state index in [1.165, 1.54) is 4.90 Å². The van der Waals surface area contributed by atoms with Crippen LogP contribution in [0.25, 0.3) is 10.8 Å². The Morgan fingerprint density at radius 2 is 1.85 bits per heavy atom. The zero-order valence-electron chi connectivity index (χ0n) is 19.5. The summed E-state index contributed by atoms with van der Waals surface area (Å²) in [5.74, 6) is -0.136. The molecule has 34 heavy (non-hydrogen) atoms. The number of rotatable bonds is 8. The molecule has 2 aliphatic heterocycles. The van der Waals surface area contributed by atoms with Crippen LogP contribution in [0.5, 0.6) is 0 Å². The van der Waals surface area contributed by atoms with Crippen LogP contribution >= 0.6 is 0 Å². The highest BCUT2D eigenvalue weighted by Crippen LogP contribution is 2.23. The van der Waals surface area contributed by atoms with Gasteiger partial charge in [0.1, 0.15) is 6.17 Å². The predicted molar refractivity (Wildman–Crippen MR) is 132 cm³/mol. The minimum Gasteiger partial charge on any atom is -0.330 e. The number of halogens is 1. The molecule has 0 saturated carbocycles. The number of alkyl halides is 1. The molecule has 2 aliphatic rings. The molecule has 9 heteroatoms. The van der Waals surface area contributed by atoms with E-state index in [4.69, 9.17) is 5.41 Å². The summed E-state index contributed by atoms with van der Waals surface area (Å²) in [5.41, 5.74) is 1.34. The Morgan fingerprint density at radius 3 is 2.59 bits per heavy atom. The van der Waals surface area contributed by atoms with E-state index in [0.29, 0.717) is 38.1 Å². The van der Waals surface area contributed by atoms with Crippen LogP contribution in [0.4, 0.5) is 4.39 Å². The molecule has 2 atom stereocenters. The molecule has 184 valence electrons. The zero-order valence-corrected chi connectivity index (χ0v) is 20.4. The smallest absolute Gasteiger partial charge is 0.237 e. The Kier molecular flexibility index (Phi) is 7.64. The number of nitrogens with zero attached hydrogens (tertiary/aromatic N) is 2. The van der Waals surface area contributed by atoms with E-state index >= 15 is 0 Å². The SMILES string of the molecule is CC(=N)[C@@H]1C[C@H](F)CN1C(=O)CNC1CCN(S(=O)(=O)CCc2cccc3ccccc23)CC1. The van der Waals surface area contributed by atoms with Crippen molar-refractivity contribution in [3.8, 4) is 0 Å². The third-order valence-electron chi connectivity index (χ3n) is 6.97. The second kappa shape index (κ2) is 10.5. The third-order valence-corrected chi connectivity index (χ3v) is 8.84. The Morgan fingerprint density at radius 1 is 1.15 bits per heavy atom. The Bertz CT molecular complexity index is 1140. The van der Waals surface area contributed by atoms with Crippen molar-refractivity contribution in [1.82, 2.24) is 14.5 Å². The molecule has 2 heterocycles. The molecular weight excluding hydrogens is 455 g/mol. The first-order valence-corrected chi connectivity index (χ1v) is 13.5. The zero-order chi connectivity index (χ0) is 24.3. The highest BCUT2D eigenvalue weighted by Gasteiger charge is 2.36. The van der Waals surface area contributed by atoms with Gasteiger partial charge in [-0.25, -0.2) is 17.1 Å². The summed E-state index contributed by atoms with van der Waals surface area (Å²) in [6.07, 6.45) is 0.821. The largest absolute Gasteiger partial charge is 0.330 e. The monoisotopic (exact) mass is 488 g/mol. The maximum absolute atomic E-state index is 13.8. The molecule has 1 amide bonds. The number of fused-ring (bicyclic) bond motifs is 1. The van der Waals surface area contributed by atoms with Gasteiger partial charge in [0, 0.05) is 31.3 Å². The summed E-state index contributed by atoms with van der Waals surface area (Å²) < 4.78 is 41.2. The summed E-state index contributed by atoms with van der Waals surface area (Å²) in [5, 5.41) is 13.2. The van der Waals surface area contributed by atoms with Crippen LogP contribution in [0, 0.1) is 5.41 Å². The van der Waals surface area contributed by atoms with E-state index in [1.807, 2.05) is 42.5 Å². The van der Waals surface area contributed by atoms with Crippen LogP contribution in [-0.4, -0.2) is 79.4 Å². The number of aryl methyl sites for hydroxylation is 1. The molecule has 2 aromatic carbocycles. The van der Waals surface area contributed by atoms with E-state index in [9.17, 15) is 17.6 Å². The number of hydrogen-bond donors (Lipinski definition) is 2. The topological polar surface area (TPSA) is 93.6 Å². The number of likely N-dealkylation sites (tertiary alicyclic amines) is 1. The van der Waals surface area contributed by atoms with Crippen LogP contribution in [0.15, 0.2) is 42.5 Å². The van der Waals surface area contributed by atoms with Gasteiger partial charge in [0.15, 0.2) is 0 Å². The second-order valence-electron chi connectivity index (χ2n) is 9.34. The van der Waals surface area contributed by atoms with E-state index in [2.05, 4.69) is 5.32 Å². The molecule has 2 aromatic rings. The number of sulfonamides is 1. The van der Waals surface area contributed by atoms with Crippen molar-refractivity contribution in [2.75, 3.05) is 31.9 Å². The third kappa shape index (κ3) is 5.64. The predicted octanol–water partition coefficient (Wildman–Crippen LogP) is 2.74. The minimum atomic E-state index is -3.38. The molecule has 0 bridgehead atoms. The number of benzene rings is 2. The fraction of sp³-hybridized carbons (Fsp3) is 0.520. The Hall–Kier alpha value is -2.36. The van der Waals surface area contributed by atoms with Crippen LogP contribution in [0.2, 0.25) is 0 Å². The lowest BCUT2D eigenvalue weighted by atomic mass is 10.0. The fourth-order valence-electron chi connectivity index (χ4n) is 5.02. The summed E-state index contributed by atoms with van der Waals surface area (Å²) in [4.78, 5) is 14.0. The molecule has 2 fully saturated rings. The maximum Gasteiger partial charge on any atom is 0.237 e. The van der Waals surface area contributed by atoms with Gasteiger partial charge in [0.25, 0.3) is 0 Å². The summed E-state index contributed by atoms with van der Waals surface area (Å²) >= 11 is 0. The van der Waals surface area contributed by atoms with Gasteiger partial charge < -0.3 is 15.6 Å². The van der Waals surface area contributed by atoms with Gasteiger partial charge in [-0.3, -0.25) is 4.79 Å². The van der Waals surface area contributed by atoms with Crippen molar-refractivity contribution in [3.63, 3.8) is 0 Å². The van der Waals surface area contributed by atoms with E-state index in [-0.39, 0.29) is 37.2 Å². The minimum absolute atomic E-state index is 0.0365. The number of amides is 1. The lowest BCUT2D eigenvalue weighted by molar-refractivity contribution is -0.130. The quantitative estimate of drug-likeness (QED) is 0.559. The molecule has 7 nitrogen and oxygen atoms in total. The van der Waals surface area contributed by atoms with Crippen LogP contribution in [0.1, 0.15) is 31.7 Å². The summed E-state index contributed by atoms with van der Waals surface area (Å²) in [7, 11) is -3.38. The molecule has 0 radical (unpaired) electrons. The van der Waals surface area contributed by atoms with Crippen LogP contribution < -0.4 is 5.32 Å². The van der Waals surface area contributed by atoms with Crippen LogP contribution in [-0.2, 0) is 21.2 Å². The van der Waals surface area contributed by atoms with E-state index < -0.39 is 22.2 Å². The number of carbonyl (C=O) groups excluding carboxylic acids is 1. The van der Waals surface area contributed by atoms with Gasteiger partial charge in [0.05, 0.1) is 24.9 Å². The van der Waals surface area contributed by atoms with Gasteiger partial charge in [-0.15, -0.1) is 0 Å². The highest BCUT2D eigenvalue weighted by molar-refractivity contribution is 7.89. The number of hydrogen-bond acceptors (Lipinski definition) is 5. The number of piperidine rings is 1. The molecule has 0 aromatic heterocycles. The summed E-state index contributed by atoms with van der Waals surface area (Å²) in [6, 6.07) is 13.6. The average Bonchev–Trinajstić information content (AvgIpc) is 3.23. The van der Waals surface area contributed by atoms with Crippen molar-refractivity contribution >= 4 is 32.4 Å². The molecular formula is C25H33FN4O3S. The molecule has 4 rings (SSSR count). The van der Waals surface area contributed by atoms with Crippen molar-refractivity contribution < 1.29 is 17.6 Å². The Balaban J connectivity index is 1.26. The summed E-state index contributed by atoms with van der Waals surface area (Å²) in [6.45, 7) is 2.56.